The topological polar surface area (TPSA) is 0 Å². The van der Waals surface area contributed by atoms with Crippen molar-refractivity contribution in [3.05, 3.63) is 42.1 Å². The SMILES string of the molecule is CCCCCCCCCCCC[N+](C)(C=Cc1ccccc1)CC.[Cl-]. The van der Waals surface area contributed by atoms with Crippen molar-refractivity contribution in [2.45, 2.75) is 78.1 Å². The zero-order valence-corrected chi connectivity index (χ0v) is 17.6. The molecule has 1 unspecified atom stereocenters. The molecule has 1 rings (SSSR count). The average molecular weight is 366 g/mol. The van der Waals surface area contributed by atoms with E-state index < -0.39 is 0 Å². The molecule has 0 saturated heterocycles. The van der Waals surface area contributed by atoms with Gasteiger partial charge in [0.05, 0.1) is 26.3 Å². The molecular formula is C23H40ClN. The largest absolute Gasteiger partial charge is 1.00 e. The highest BCUT2D eigenvalue weighted by Crippen LogP contribution is 2.14. The normalized spacial score (nSPS) is 13.6. The first-order valence-corrected chi connectivity index (χ1v) is 10.3. The highest BCUT2D eigenvalue weighted by molar-refractivity contribution is 5.47. The van der Waals surface area contributed by atoms with E-state index in [0.717, 1.165) is 4.48 Å². The van der Waals surface area contributed by atoms with Gasteiger partial charge in [-0.15, -0.1) is 0 Å². The van der Waals surface area contributed by atoms with Gasteiger partial charge in [-0.25, -0.2) is 0 Å². The van der Waals surface area contributed by atoms with Crippen LogP contribution >= 0.6 is 0 Å². The lowest BCUT2D eigenvalue weighted by molar-refractivity contribution is -0.857. The average Bonchev–Trinajstić information content (AvgIpc) is 2.62. The number of benzene rings is 1. The molecule has 25 heavy (non-hydrogen) atoms. The smallest absolute Gasteiger partial charge is 0.0962 e. The third-order valence-corrected chi connectivity index (χ3v) is 5.17. The van der Waals surface area contributed by atoms with Crippen LogP contribution in [0.2, 0.25) is 0 Å². The summed E-state index contributed by atoms with van der Waals surface area (Å²) in [6.45, 7) is 7.01. The van der Waals surface area contributed by atoms with E-state index in [4.69, 9.17) is 0 Å². The summed E-state index contributed by atoms with van der Waals surface area (Å²) < 4.78 is 1.05. The molecule has 1 aromatic carbocycles. The Morgan fingerprint density at radius 1 is 0.760 bits per heavy atom. The zero-order chi connectivity index (χ0) is 17.5. The molecule has 0 saturated carbocycles. The molecule has 0 aliphatic heterocycles. The lowest BCUT2D eigenvalue weighted by atomic mass is 10.1. The summed E-state index contributed by atoms with van der Waals surface area (Å²) in [7, 11) is 2.35. The molecule has 0 radical (unpaired) electrons. The fraction of sp³-hybridized carbons (Fsp3) is 0.652. The summed E-state index contributed by atoms with van der Waals surface area (Å²) in [4.78, 5) is 0. The quantitative estimate of drug-likeness (QED) is 0.344. The fourth-order valence-electron chi connectivity index (χ4n) is 3.13. The van der Waals surface area contributed by atoms with Gasteiger partial charge >= 0.3 is 0 Å². The number of nitrogens with zero attached hydrogens (tertiary/aromatic N) is 1. The summed E-state index contributed by atoms with van der Waals surface area (Å²) in [5.41, 5.74) is 1.30. The monoisotopic (exact) mass is 365 g/mol. The van der Waals surface area contributed by atoms with Crippen LogP contribution in [-0.2, 0) is 0 Å². The minimum Gasteiger partial charge on any atom is -1.00 e. The molecule has 1 atom stereocenters. The molecule has 1 nitrogen and oxygen atoms in total. The van der Waals surface area contributed by atoms with E-state index in [0.29, 0.717) is 0 Å². The highest BCUT2D eigenvalue weighted by atomic mass is 35.5. The summed E-state index contributed by atoms with van der Waals surface area (Å²) in [6, 6.07) is 10.7. The summed E-state index contributed by atoms with van der Waals surface area (Å²) in [5, 5.41) is 0. The Kier molecular flexibility index (Phi) is 15.0. The molecule has 0 N–H and O–H groups in total. The van der Waals surface area contributed by atoms with Crippen LogP contribution in [0.1, 0.15) is 83.6 Å². The Bertz CT molecular complexity index is 429. The molecular weight excluding hydrogens is 326 g/mol. The van der Waals surface area contributed by atoms with Crippen LogP contribution in [0.15, 0.2) is 36.5 Å². The Hall–Kier alpha value is -0.790. The maximum atomic E-state index is 2.38. The van der Waals surface area contributed by atoms with Crippen molar-refractivity contribution in [1.29, 1.82) is 0 Å². The van der Waals surface area contributed by atoms with Crippen molar-refractivity contribution >= 4 is 6.08 Å². The molecule has 0 fully saturated rings. The molecule has 0 aromatic heterocycles. The predicted molar refractivity (Wildman–Crippen MR) is 109 cm³/mol. The van der Waals surface area contributed by atoms with Crippen LogP contribution in [0.4, 0.5) is 0 Å². The Balaban J connectivity index is 0.00000576. The first kappa shape index (κ1) is 24.2. The number of rotatable bonds is 14. The molecule has 2 heteroatoms. The molecule has 0 heterocycles. The van der Waals surface area contributed by atoms with Gasteiger partial charge in [-0.05, 0) is 31.4 Å². The van der Waals surface area contributed by atoms with Crippen LogP contribution < -0.4 is 12.4 Å². The fourth-order valence-corrected chi connectivity index (χ4v) is 3.13. The predicted octanol–water partition coefficient (Wildman–Crippen LogP) is 4.05. The second-order valence-corrected chi connectivity index (χ2v) is 7.43. The highest BCUT2D eigenvalue weighted by Gasteiger charge is 2.14. The lowest BCUT2D eigenvalue weighted by Crippen LogP contribution is -3.00. The van der Waals surface area contributed by atoms with Crippen molar-refractivity contribution in [1.82, 2.24) is 0 Å². The van der Waals surface area contributed by atoms with E-state index in [1.807, 2.05) is 0 Å². The van der Waals surface area contributed by atoms with Gasteiger partial charge in [-0.3, -0.25) is 4.48 Å². The van der Waals surface area contributed by atoms with Gasteiger partial charge in [0.1, 0.15) is 0 Å². The van der Waals surface area contributed by atoms with Gasteiger partial charge in [0.15, 0.2) is 0 Å². The molecule has 0 aliphatic rings. The molecule has 0 bridgehead atoms. The first-order valence-electron chi connectivity index (χ1n) is 10.3. The summed E-state index contributed by atoms with van der Waals surface area (Å²) in [6.07, 6.45) is 18.8. The third kappa shape index (κ3) is 12.2. The van der Waals surface area contributed by atoms with Gasteiger partial charge in [-0.1, -0.05) is 88.6 Å². The standard InChI is InChI=1S/C23H40N.ClH/c1-4-6-7-8-9-10-11-12-13-17-21-24(3,5-2)22-20-23-18-15-14-16-19-23;/h14-16,18-20,22H,4-13,17,21H2,1-3H3;1H/q+1;/p-1. The van der Waals surface area contributed by atoms with Gasteiger partial charge in [0, 0.05) is 0 Å². The summed E-state index contributed by atoms with van der Waals surface area (Å²) in [5.74, 6) is 0. The van der Waals surface area contributed by atoms with Crippen LogP contribution in [0, 0.1) is 0 Å². The van der Waals surface area contributed by atoms with E-state index in [2.05, 4.69) is 63.5 Å². The minimum atomic E-state index is 0. The van der Waals surface area contributed by atoms with Crippen LogP contribution in [0.5, 0.6) is 0 Å². The van der Waals surface area contributed by atoms with Gasteiger partial charge < -0.3 is 12.4 Å². The number of halogens is 1. The summed E-state index contributed by atoms with van der Waals surface area (Å²) >= 11 is 0. The van der Waals surface area contributed by atoms with E-state index in [9.17, 15) is 0 Å². The lowest BCUT2D eigenvalue weighted by Gasteiger charge is -2.29. The Morgan fingerprint density at radius 2 is 1.28 bits per heavy atom. The van der Waals surface area contributed by atoms with E-state index >= 15 is 0 Å². The number of quaternary nitrogens is 1. The Labute approximate surface area is 163 Å². The van der Waals surface area contributed by atoms with Gasteiger partial charge in [0.25, 0.3) is 0 Å². The van der Waals surface area contributed by atoms with E-state index in [1.54, 1.807) is 0 Å². The van der Waals surface area contributed by atoms with Gasteiger partial charge in [-0.2, -0.15) is 0 Å². The number of hydrogen-bond acceptors (Lipinski definition) is 0. The van der Waals surface area contributed by atoms with E-state index in [-0.39, 0.29) is 12.4 Å². The van der Waals surface area contributed by atoms with Crippen molar-refractivity contribution in [3.63, 3.8) is 0 Å². The van der Waals surface area contributed by atoms with Gasteiger partial charge in [0.2, 0.25) is 0 Å². The minimum absolute atomic E-state index is 0. The molecule has 1 aromatic rings. The molecule has 0 aliphatic carbocycles. The molecule has 144 valence electrons. The van der Waals surface area contributed by atoms with Crippen LogP contribution in [0.25, 0.3) is 6.08 Å². The van der Waals surface area contributed by atoms with Crippen LogP contribution in [0.3, 0.4) is 0 Å². The van der Waals surface area contributed by atoms with Crippen molar-refractivity contribution in [3.8, 4) is 0 Å². The Morgan fingerprint density at radius 3 is 1.80 bits per heavy atom. The van der Waals surface area contributed by atoms with Crippen molar-refractivity contribution < 1.29 is 16.9 Å². The van der Waals surface area contributed by atoms with Crippen molar-refractivity contribution in [2.75, 3.05) is 20.1 Å². The maximum absolute atomic E-state index is 2.38. The number of hydrogen-bond donors (Lipinski definition) is 0. The second-order valence-electron chi connectivity index (χ2n) is 7.43. The first-order chi connectivity index (χ1) is 11.7. The van der Waals surface area contributed by atoms with Crippen molar-refractivity contribution in [2.24, 2.45) is 0 Å². The maximum Gasteiger partial charge on any atom is 0.0962 e. The zero-order valence-electron chi connectivity index (χ0n) is 16.9. The van der Waals surface area contributed by atoms with E-state index in [1.165, 1.54) is 82.9 Å². The number of unbranched alkanes of at least 4 members (excludes halogenated alkanes) is 9. The third-order valence-electron chi connectivity index (χ3n) is 5.17. The molecule has 0 spiro atoms. The second kappa shape index (κ2) is 15.5. The molecule has 0 amide bonds. The van der Waals surface area contributed by atoms with Crippen LogP contribution in [-0.4, -0.2) is 24.6 Å².